The quantitative estimate of drug-likeness (QED) is 0.346. The van der Waals surface area contributed by atoms with Crippen molar-refractivity contribution < 1.29 is 13.7 Å². The van der Waals surface area contributed by atoms with Crippen molar-refractivity contribution in [1.29, 1.82) is 0 Å². The van der Waals surface area contributed by atoms with E-state index in [2.05, 4.69) is 5.32 Å². The molecule has 0 saturated heterocycles. The highest BCUT2D eigenvalue weighted by molar-refractivity contribution is 7.84. The molecule has 4 aromatic rings. The number of rotatable bonds is 8. The van der Waals surface area contributed by atoms with E-state index in [9.17, 15) is 9.00 Å². The second-order valence-electron chi connectivity index (χ2n) is 7.94. The molecule has 1 aromatic heterocycles. The van der Waals surface area contributed by atoms with Crippen LogP contribution in [-0.2, 0) is 10.8 Å². The van der Waals surface area contributed by atoms with E-state index in [1.54, 1.807) is 6.26 Å². The predicted molar refractivity (Wildman–Crippen MR) is 138 cm³/mol. The highest BCUT2D eigenvalue weighted by atomic mass is 32.2. The fourth-order valence-electron chi connectivity index (χ4n) is 4.12. The molecule has 1 unspecified atom stereocenters. The van der Waals surface area contributed by atoms with E-state index in [0.717, 1.165) is 17.5 Å². The third-order valence-corrected chi connectivity index (χ3v) is 6.67. The molecule has 0 spiro atoms. The molecule has 6 heteroatoms. The first kappa shape index (κ1) is 23.6. The number of nitrogens with zero attached hydrogens (tertiary/aromatic N) is 1. The monoisotopic (exact) mass is 472 g/mol. The Morgan fingerprint density at radius 2 is 1.68 bits per heavy atom. The van der Waals surface area contributed by atoms with Gasteiger partial charge in [0.25, 0.3) is 5.91 Å². The van der Waals surface area contributed by atoms with Crippen molar-refractivity contribution in [1.82, 2.24) is 10.3 Å². The Bertz CT molecular complexity index is 1320. The van der Waals surface area contributed by atoms with Crippen LogP contribution in [0.1, 0.15) is 42.2 Å². The van der Waals surface area contributed by atoms with Crippen LogP contribution < -0.4 is 10.1 Å². The van der Waals surface area contributed by atoms with Crippen LogP contribution in [0.15, 0.2) is 83.8 Å². The van der Waals surface area contributed by atoms with Gasteiger partial charge in [-0.05, 0) is 31.0 Å². The van der Waals surface area contributed by atoms with Crippen molar-refractivity contribution in [3.8, 4) is 17.0 Å². The van der Waals surface area contributed by atoms with Crippen LogP contribution in [0, 0.1) is 0 Å². The third kappa shape index (κ3) is 4.87. The Morgan fingerprint density at radius 1 is 1.00 bits per heavy atom. The van der Waals surface area contributed by atoms with Gasteiger partial charge >= 0.3 is 0 Å². The smallest absolute Gasteiger partial charge is 0.253 e. The number of fused-ring (bicyclic) bond motifs is 1. The summed E-state index contributed by atoms with van der Waals surface area (Å²) in [5.74, 6) is 0.406. The minimum Gasteiger partial charge on any atom is -0.494 e. The highest BCUT2D eigenvalue weighted by Gasteiger charge is 2.26. The summed E-state index contributed by atoms with van der Waals surface area (Å²) >= 11 is 0. The fourth-order valence-corrected chi connectivity index (χ4v) is 5.04. The van der Waals surface area contributed by atoms with E-state index in [1.165, 1.54) is 0 Å². The van der Waals surface area contributed by atoms with Gasteiger partial charge in [-0.3, -0.25) is 9.00 Å². The zero-order valence-corrected chi connectivity index (χ0v) is 20.4. The topological polar surface area (TPSA) is 68.3 Å². The zero-order chi connectivity index (χ0) is 24.1. The van der Waals surface area contributed by atoms with Crippen molar-refractivity contribution in [2.75, 3.05) is 12.9 Å². The molecule has 3 aromatic carbocycles. The second-order valence-corrected chi connectivity index (χ2v) is 9.26. The van der Waals surface area contributed by atoms with Crippen molar-refractivity contribution >= 4 is 27.6 Å². The van der Waals surface area contributed by atoms with E-state index in [-0.39, 0.29) is 11.9 Å². The van der Waals surface area contributed by atoms with E-state index in [1.807, 2.05) is 92.7 Å². The average Bonchev–Trinajstić information content (AvgIpc) is 2.87. The van der Waals surface area contributed by atoms with Crippen LogP contribution in [-0.4, -0.2) is 28.0 Å². The van der Waals surface area contributed by atoms with Crippen molar-refractivity contribution in [3.05, 3.63) is 90.0 Å². The molecule has 0 aliphatic heterocycles. The number of carbonyl (C=O) groups excluding carboxylic acids is 1. The Kier molecular flexibility index (Phi) is 7.38. The minimum absolute atomic E-state index is 0.169. The van der Waals surface area contributed by atoms with Crippen LogP contribution in [0.2, 0.25) is 0 Å². The summed E-state index contributed by atoms with van der Waals surface area (Å²) in [7, 11) is -1.45. The summed E-state index contributed by atoms with van der Waals surface area (Å²) in [6.07, 6.45) is 2.32. The van der Waals surface area contributed by atoms with Crippen LogP contribution in [0.25, 0.3) is 22.2 Å². The number of aromatic nitrogens is 1. The van der Waals surface area contributed by atoms with Crippen molar-refractivity contribution in [3.63, 3.8) is 0 Å². The van der Waals surface area contributed by atoms with E-state index in [4.69, 9.17) is 9.72 Å². The molecule has 5 nitrogen and oxygen atoms in total. The molecule has 1 amide bonds. The number of amides is 1. The van der Waals surface area contributed by atoms with Gasteiger partial charge in [0.05, 0.1) is 45.1 Å². The molecule has 4 rings (SSSR count). The largest absolute Gasteiger partial charge is 0.494 e. The minimum atomic E-state index is -1.45. The number of carbonyl (C=O) groups is 1. The lowest BCUT2D eigenvalue weighted by atomic mass is 10.0. The lowest BCUT2D eigenvalue weighted by Crippen LogP contribution is -2.29. The maximum Gasteiger partial charge on any atom is 0.253 e. The Morgan fingerprint density at radius 3 is 2.29 bits per heavy atom. The molecule has 0 saturated carbocycles. The SMILES string of the molecule is CCOc1ccc2c(C(=O)N[C@@H](CC)c3ccccc3)c(S(C)=O)c(-c3ccccc3)nc2c1. The maximum absolute atomic E-state index is 13.8. The molecular formula is C28H28N2O3S. The summed E-state index contributed by atoms with van der Waals surface area (Å²) < 4.78 is 18.7. The van der Waals surface area contributed by atoms with Gasteiger partial charge in [0, 0.05) is 23.3 Å². The predicted octanol–water partition coefficient (Wildman–Crippen LogP) is 5.92. The van der Waals surface area contributed by atoms with Gasteiger partial charge in [0.1, 0.15) is 5.75 Å². The van der Waals surface area contributed by atoms with Gasteiger partial charge in [-0.2, -0.15) is 0 Å². The van der Waals surface area contributed by atoms with Crippen LogP contribution in [0.5, 0.6) is 5.75 Å². The van der Waals surface area contributed by atoms with Gasteiger partial charge in [-0.15, -0.1) is 0 Å². The molecule has 174 valence electrons. The van der Waals surface area contributed by atoms with Crippen LogP contribution in [0.4, 0.5) is 0 Å². The molecule has 0 fully saturated rings. The first-order chi connectivity index (χ1) is 16.5. The summed E-state index contributed by atoms with van der Waals surface area (Å²) in [5.41, 5.74) is 3.39. The normalized spacial score (nSPS) is 12.8. The molecular weight excluding hydrogens is 444 g/mol. The van der Waals surface area contributed by atoms with E-state index in [0.29, 0.717) is 39.4 Å². The first-order valence-electron chi connectivity index (χ1n) is 11.4. The fraction of sp³-hybridized carbons (Fsp3) is 0.214. The van der Waals surface area contributed by atoms with Gasteiger partial charge in [0.15, 0.2) is 0 Å². The molecule has 0 aliphatic rings. The lowest BCUT2D eigenvalue weighted by Gasteiger charge is -2.21. The van der Waals surface area contributed by atoms with Gasteiger partial charge < -0.3 is 10.1 Å². The van der Waals surface area contributed by atoms with Crippen molar-refractivity contribution in [2.45, 2.75) is 31.2 Å². The van der Waals surface area contributed by atoms with Crippen LogP contribution >= 0.6 is 0 Å². The van der Waals surface area contributed by atoms with Crippen molar-refractivity contribution in [2.24, 2.45) is 0 Å². The Balaban J connectivity index is 1.93. The number of nitrogens with one attached hydrogen (secondary N) is 1. The standard InChI is InChI=1S/C28H28N2O3S/c1-4-23(19-12-8-6-9-13-19)30-28(31)25-22-17-16-21(33-5-2)18-24(22)29-26(27(25)34(3)32)20-14-10-7-11-15-20/h6-18,23H,4-5H2,1-3H3,(H,30,31)/t23-,34?/m0/s1. The molecule has 0 radical (unpaired) electrons. The Labute approximate surface area is 202 Å². The van der Waals surface area contributed by atoms with Gasteiger partial charge in [-0.25, -0.2) is 4.98 Å². The maximum atomic E-state index is 13.8. The first-order valence-corrected chi connectivity index (χ1v) is 12.9. The second kappa shape index (κ2) is 10.6. The summed E-state index contributed by atoms with van der Waals surface area (Å²) in [4.78, 5) is 19.1. The number of hydrogen-bond donors (Lipinski definition) is 1. The van der Waals surface area contributed by atoms with Gasteiger partial charge in [-0.1, -0.05) is 67.6 Å². The molecule has 1 N–H and O–H groups in total. The number of ether oxygens (including phenoxy) is 1. The third-order valence-electron chi connectivity index (χ3n) is 5.70. The van der Waals surface area contributed by atoms with E-state index >= 15 is 0 Å². The Hall–Kier alpha value is -3.51. The van der Waals surface area contributed by atoms with Crippen LogP contribution in [0.3, 0.4) is 0 Å². The molecule has 0 bridgehead atoms. The molecule has 1 heterocycles. The van der Waals surface area contributed by atoms with Gasteiger partial charge in [0.2, 0.25) is 0 Å². The molecule has 34 heavy (non-hydrogen) atoms. The number of hydrogen-bond acceptors (Lipinski definition) is 4. The summed E-state index contributed by atoms with van der Waals surface area (Å²) in [6, 6.07) is 24.7. The molecule has 2 atom stereocenters. The average molecular weight is 473 g/mol. The molecule has 0 aliphatic carbocycles. The zero-order valence-electron chi connectivity index (χ0n) is 19.6. The highest BCUT2D eigenvalue weighted by Crippen LogP contribution is 2.34. The number of benzene rings is 3. The van der Waals surface area contributed by atoms with E-state index < -0.39 is 10.8 Å². The lowest BCUT2D eigenvalue weighted by molar-refractivity contribution is 0.0934. The summed E-state index contributed by atoms with van der Waals surface area (Å²) in [5, 5.41) is 3.82. The summed E-state index contributed by atoms with van der Waals surface area (Å²) in [6.45, 7) is 4.48. The number of pyridine rings is 1.